The Morgan fingerprint density at radius 3 is 2.29 bits per heavy atom. The average molecular weight is 421 g/mol. The summed E-state index contributed by atoms with van der Waals surface area (Å²) in [5.41, 5.74) is 1.79. The van der Waals surface area contributed by atoms with Gasteiger partial charge in [0.2, 0.25) is 0 Å². The van der Waals surface area contributed by atoms with Gasteiger partial charge in [-0.25, -0.2) is 9.59 Å². The molecule has 0 bridgehead atoms. The fraction of sp³-hybridized carbons (Fsp3) is 0.217. The van der Waals surface area contributed by atoms with Gasteiger partial charge in [-0.15, -0.1) is 0 Å². The van der Waals surface area contributed by atoms with Crippen molar-refractivity contribution in [1.82, 2.24) is 0 Å². The Morgan fingerprint density at radius 2 is 1.68 bits per heavy atom. The molecule has 2 aromatic rings. The molecule has 0 aliphatic heterocycles. The van der Waals surface area contributed by atoms with Crippen molar-refractivity contribution in [1.29, 1.82) is 5.26 Å². The van der Waals surface area contributed by atoms with Gasteiger partial charge in [0, 0.05) is 11.9 Å². The second-order valence-electron chi connectivity index (χ2n) is 6.75. The number of esters is 2. The van der Waals surface area contributed by atoms with Gasteiger partial charge in [-0.3, -0.25) is 4.79 Å². The minimum absolute atomic E-state index is 0.120. The number of carbonyl (C=O) groups excluding carboxylic acids is 3. The van der Waals surface area contributed by atoms with E-state index in [4.69, 9.17) is 4.74 Å². The van der Waals surface area contributed by atoms with E-state index in [2.05, 4.69) is 15.4 Å². The number of methoxy groups -OCH3 is 2. The van der Waals surface area contributed by atoms with Gasteiger partial charge in [-0.2, -0.15) is 5.26 Å². The van der Waals surface area contributed by atoms with Crippen molar-refractivity contribution in [2.75, 3.05) is 24.9 Å². The molecule has 2 rings (SSSR count). The number of anilines is 2. The van der Waals surface area contributed by atoms with E-state index < -0.39 is 17.8 Å². The van der Waals surface area contributed by atoms with Gasteiger partial charge in [0.1, 0.15) is 11.6 Å². The normalized spacial score (nSPS) is 10.8. The first-order valence-corrected chi connectivity index (χ1v) is 9.40. The van der Waals surface area contributed by atoms with E-state index in [1.807, 2.05) is 32.0 Å². The van der Waals surface area contributed by atoms with Crippen LogP contribution in [0.1, 0.15) is 46.0 Å². The topological polar surface area (TPSA) is 118 Å². The SMILES string of the molecule is COC(=O)c1ccc(C(=O)OC)c(N/C=C(/C#N)C(=O)Nc2ccccc2C(C)C)c1. The summed E-state index contributed by atoms with van der Waals surface area (Å²) in [4.78, 5) is 36.5. The second kappa shape index (κ2) is 10.6. The molecule has 8 heteroatoms. The highest BCUT2D eigenvalue weighted by molar-refractivity contribution is 6.07. The van der Waals surface area contributed by atoms with Gasteiger partial charge in [-0.1, -0.05) is 32.0 Å². The van der Waals surface area contributed by atoms with E-state index in [1.54, 1.807) is 12.1 Å². The first-order chi connectivity index (χ1) is 14.8. The number of hydrogen-bond acceptors (Lipinski definition) is 7. The number of para-hydroxylation sites is 1. The highest BCUT2D eigenvalue weighted by Gasteiger charge is 2.17. The van der Waals surface area contributed by atoms with E-state index >= 15 is 0 Å². The third kappa shape index (κ3) is 5.70. The average Bonchev–Trinajstić information content (AvgIpc) is 2.78. The smallest absolute Gasteiger partial charge is 0.339 e. The third-order valence-electron chi connectivity index (χ3n) is 4.41. The first kappa shape index (κ1) is 23.2. The summed E-state index contributed by atoms with van der Waals surface area (Å²) in [5, 5.41) is 14.9. The Labute approximate surface area is 180 Å². The van der Waals surface area contributed by atoms with Crippen molar-refractivity contribution in [2.24, 2.45) is 0 Å². The number of hydrogen-bond donors (Lipinski definition) is 2. The zero-order valence-electron chi connectivity index (χ0n) is 17.7. The molecule has 0 saturated carbocycles. The predicted octanol–water partition coefficient (Wildman–Crippen LogP) is 3.84. The van der Waals surface area contributed by atoms with Crippen molar-refractivity contribution in [3.05, 3.63) is 70.9 Å². The molecule has 2 N–H and O–H groups in total. The number of benzene rings is 2. The summed E-state index contributed by atoms with van der Waals surface area (Å²) in [6.07, 6.45) is 1.16. The van der Waals surface area contributed by atoms with E-state index in [0.29, 0.717) is 5.69 Å². The highest BCUT2D eigenvalue weighted by atomic mass is 16.5. The largest absolute Gasteiger partial charge is 0.465 e. The molecule has 0 saturated heterocycles. The predicted molar refractivity (Wildman–Crippen MR) is 116 cm³/mol. The molecule has 0 unspecified atom stereocenters. The Bertz CT molecular complexity index is 1070. The van der Waals surface area contributed by atoms with Crippen molar-refractivity contribution in [3.8, 4) is 6.07 Å². The van der Waals surface area contributed by atoms with E-state index in [0.717, 1.165) is 11.8 Å². The van der Waals surface area contributed by atoms with Crippen LogP contribution < -0.4 is 10.6 Å². The zero-order valence-corrected chi connectivity index (χ0v) is 17.7. The van der Waals surface area contributed by atoms with Crippen LogP contribution in [0.4, 0.5) is 11.4 Å². The molecule has 8 nitrogen and oxygen atoms in total. The van der Waals surface area contributed by atoms with Crippen LogP contribution in [0.15, 0.2) is 54.2 Å². The minimum Gasteiger partial charge on any atom is -0.465 e. The molecule has 0 atom stereocenters. The fourth-order valence-electron chi connectivity index (χ4n) is 2.80. The third-order valence-corrected chi connectivity index (χ3v) is 4.41. The molecule has 0 spiro atoms. The van der Waals surface area contributed by atoms with Crippen molar-refractivity contribution >= 4 is 29.2 Å². The van der Waals surface area contributed by atoms with Crippen molar-refractivity contribution in [3.63, 3.8) is 0 Å². The zero-order chi connectivity index (χ0) is 23.0. The van der Waals surface area contributed by atoms with Crippen LogP contribution in [-0.4, -0.2) is 32.1 Å². The maximum Gasteiger partial charge on any atom is 0.339 e. The Balaban J connectivity index is 2.33. The number of nitrogens with one attached hydrogen (secondary N) is 2. The van der Waals surface area contributed by atoms with Crippen molar-refractivity contribution < 1.29 is 23.9 Å². The van der Waals surface area contributed by atoms with Crippen LogP contribution in [0.25, 0.3) is 0 Å². The molecule has 0 fully saturated rings. The van der Waals surface area contributed by atoms with Gasteiger partial charge in [0.25, 0.3) is 5.91 Å². The molecule has 0 aliphatic carbocycles. The highest BCUT2D eigenvalue weighted by Crippen LogP contribution is 2.24. The van der Waals surface area contributed by atoms with Crippen LogP contribution in [0.5, 0.6) is 0 Å². The Morgan fingerprint density at radius 1 is 1.00 bits per heavy atom. The standard InChI is InChI=1S/C23H23N3O5/c1-14(2)17-7-5-6-8-19(17)26-21(27)16(12-24)13-25-20-11-15(22(28)30-3)9-10-18(20)23(29)31-4/h5-11,13-14,25H,1-4H3,(H,26,27)/b16-13-. The van der Waals surface area contributed by atoms with Crippen molar-refractivity contribution in [2.45, 2.75) is 19.8 Å². The maximum atomic E-state index is 12.6. The molecule has 2 aromatic carbocycles. The van der Waals surface area contributed by atoms with Gasteiger partial charge in [-0.05, 0) is 35.7 Å². The van der Waals surface area contributed by atoms with Crippen LogP contribution in [0, 0.1) is 11.3 Å². The summed E-state index contributed by atoms with van der Waals surface area (Å²) >= 11 is 0. The van der Waals surface area contributed by atoms with Gasteiger partial charge >= 0.3 is 11.9 Å². The Kier molecular flexibility index (Phi) is 7.92. The van der Waals surface area contributed by atoms with E-state index in [9.17, 15) is 19.6 Å². The number of rotatable bonds is 7. The molecule has 0 aromatic heterocycles. The molecule has 1 amide bonds. The van der Waals surface area contributed by atoms with Crippen LogP contribution in [0.2, 0.25) is 0 Å². The van der Waals surface area contributed by atoms with Crippen LogP contribution >= 0.6 is 0 Å². The molecular weight excluding hydrogens is 398 g/mol. The second-order valence-corrected chi connectivity index (χ2v) is 6.75. The summed E-state index contributed by atoms with van der Waals surface area (Å²) in [6.45, 7) is 3.99. The van der Waals surface area contributed by atoms with Crippen LogP contribution in [0.3, 0.4) is 0 Å². The molecule has 0 radical (unpaired) electrons. The minimum atomic E-state index is -0.652. The lowest BCUT2D eigenvalue weighted by Gasteiger charge is -2.13. The quantitative estimate of drug-likeness (QED) is 0.396. The number of carbonyl (C=O) groups is 3. The van der Waals surface area contributed by atoms with Gasteiger partial charge < -0.3 is 20.1 Å². The number of nitriles is 1. The molecule has 31 heavy (non-hydrogen) atoms. The monoisotopic (exact) mass is 421 g/mol. The number of ether oxygens (including phenoxy) is 2. The van der Waals surface area contributed by atoms with E-state index in [-0.39, 0.29) is 28.3 Å². The lowest BCUT2D eigenvalue weighted by atomic mass is 10.0. The van der Waals surface area contributed by atoms with Gasteiger partial charge in [0.15, 0.2) is 0 Å². The Hall–Kier alpha value is -4.12. The summed E-state index contributed by atoms with van der Waals surface area (Å²) in [5.74, 6) is -1.70. The fourth-order valence-corrected chi connectivity index (χ4v) is 2.80. The summed E-state index contributed by atoms with van der Waals surface area (Å²) in [6, 6.07) is 13.3. The summed E-state index contributed by atoms with van der Waals surface area (Å²) in [7, 11) is 2.45. The van der Waals surface area contributed by atoms with Crippen LogP contribution in [-0.2, 0) is 14.3 Å². The molecule has 0 aliphatic rings. The molecule has 160 valence electrons. The number of amides is 1. The number of nitrogens with zero attached hydrogens (tertiary/aromatic N) is 1. The van der Waals surface area contributed by atoms with E-state index in [1.165, 1.54) is 32.4 Å². The lowest BCUT2D eigenvalue weighted by molar-refractivity contribution is -0.112. The molecule has 0 heterocycles. The molecular formula is C23H23N3O5. The summed E-state index contributed by atoms with van der Waals surface area (Å²) < 4.78 is 9.42. The van der Waals surface area contributed by atoms with Gasteiger partial charge in [0.05, 0.1) is 31.0 Å². The first-order valence-electron chi connectivity index (χ1n) is 9.40. The lowest BCUT2D eigenvalue weighted by Crippen LogP contribution is -2.16. The maximum absolute atomic E-state index is 12.6.